The second-order valence-electron chi connectivity index (χ2n) is 7.29. The number of aryl methyl sites for hydroxylation is 1. The van der Waals surface area contributed by atoms with Gasteiger partial charge >= 0.3 is 0 Å². The highest BCUT2D eigenvalue weighted by atomic mass is 16.2. The summed E-state index contributed by atoms with van der Waals surface area (Å²) in [5.41, 5.74) is 2.24. The van der Waals surface area contributed by atoms with Crippen LogP contribution in [-0.4, -0.2) is 52.4 Å². The Bertz CT molecular complexity index is 806. The molecular weight excluding hydrogens is 314 g/mol. The first-order chi connectivity index (χ1) is 12.1. The second-order valence-corrected chi connectivity index (χ2v) is 7.29. The summed E-state index contributed by atoms with van der Waals surface area (Å²) < 4.78 is 2.08. The quantitative estimate of drug-likeness (QED) is 0.860. The minimum absolute atomic E-state index is 0.164. The molecule has 2 amide bonds. The molecule has 2 heterocycles. The molecule has 0 atom stereocenters. The molecule has 1 aliphatic carbocycles. The van der Waals surface area contributed by atoms with Crippen molar-refractivity contribution in [1.29, 1.82) is 0 Å². The normalized spacial score (nSPS) is 18.4. The zero-order valence-corrected chi connectivity index (χ0v) is 14.8. The smallest absolute Gasteiger partial charge is 0.227 e. The van der Waals surface area contributed by atoms with Crippen molar-refractivity contribution in [2.45, 2.75) is 25.7 Å². The minimum atomic E-state index is 0.164. The predicted octanol–water partition coefficient (Wildman–Crippen LogP) is 2.19. The fraction of sp³-hybridized carbons (Fsp3) is 0.500. The van der Waals surface area contributed by atoms with Gasteiger partial charge in [0.05, 0.1) is 6.42 Å². The van der Waals surface area contributed by atoms with Gasteiger partial charge in [-0.05, 0) is 30.9 Å². The number of benzene rings is 1. The molecular formula is C20H25N3O2. The lowest BCUT2D eigenvalue weighted by molar-refractivity contribution is -0.134. The Labute approximate surface area is 148 Å². The van der Waals surface area contributed by atoms with Gasteiger partial charge in [0.15, 0.2) is 0 Å². The van der Waals surface area contributed by atoms with Crippen molar-refractivity contribution in [3.05, 3.63) is 36.0 Å². The van der Waals surface area contributed by atoms with Crippen molar-refractivity contribution in [2.75, 3.05) is 26.2 Å². The van der Waals surface area contributed by atoms with E-state index in [9.17, 15) is 9.59 Å². The summed E-state index contributed by atoms with van der Waals surface area (Å²) in [7, 11) is 2.02. The van der Waals surface area contributed by atoms with Crippen LogP contribution in [0.5, 0.6) is 0 Å². The lowest BCUT2D eigenvalue weighted by Gasteiger charge is -2.22. The van der Waals surface area contributed by atoms with Crippen molar-refractivity contribution >= 4 is 22.7 Å². The standard InChI is InChI=1S/C20H25N3O2/c1-21-14-16(17-5-2-3-6-18(17)21)13-19(24)22-9-4-10-23(12-11-22)20(25)15-7-8-15/h2-3,5-6,14-15H,4,7-13H2,1H3. The van der Waals surface area contributed by atoms with Crippen LogP contribution in [0.3, 0.4) is 0 Å². The van der Waals surface area contributed by atoms with E-state index in [1.165, 1.54) is 0 Å². The summed E-state index contributed by atoms with van der Waals surface area (Å²) in [6.07, 6.45) is 5.44. The zero-order valence-electron chi connectivity index (χ0n) is 14.8. The Morgan fingerprint density at radius 3 is 2.56 bits per heavy atom. The van der Waals surface area contributed by atoms with E-state index in [4.69, 9.17) is 0 Å². The zero-order chi connectivity index (χ0) is 17.4. The third kappa shape index (κ3) is 3.28. The third-order valence-corrected chi connectivity index (χ3v) is 5.41. The van der Waals surface area contributed by atoms with Gasteiger partial charge in [-0.25, -0.2) is 0 Å². The van der Waals surface area contributed by atoms with E-state index in [0.717, 1.165) is 48.8 Å². The minimum Gasteiger partial charge on any atom is -0.350 e. The molecule has 1 aromatic carbocycles. The number of fused-ring (bicyclic) bond motifs is 1. The molecule has 2 aliphatic rings. The predicted molar refractivity (Wildman–Crippen MR) is 97.1 cm³/mol. The molecule has 2 fully saturated rings. The van der Waals surface area contributed by atoms with Crippen LogP contribution in [0.4, 0.5) is 0 Å². The Kier molecular flexibility index (Phi) is 4.24. The van der Waals surface area contributed by atoms with E-state index in [1.54, 1.807) is 0 Å². The highest BCUT2D eigenvalue weighted by molar-refractivity contribution is 5.89. The molecule has 132 valence electrons. The molecule has 4 rings (SSSR count). The summed E-state index contributed by atoms with van der Waals surface area (Å²) in [6, 6.07) is 8.20. The lowest BCUT2D eigenvalue weighted by Crippen LogP contribution is -2.38. The van der Waals surface area contributed by atoms with Crippen molar-refractivity contribution in [1.82, 2.24) is 14.4 Å². The van der Waals surface area contributed by atoms with E-state index in [0.29, 0.717) is 25.4 Å². The second kappa shape index (κ2) is 6.54. The summed E-state index contributed by atoms with van der Waals surface area (Å²) in [4.78, 5) is 29.0. The number of hydrogen-bond donors (Lipinski definition) is 0. The third-order valence-electron chi connectivity index (χ3n) is 5.41. The molecule has 0 spiro atoms. The van der Waals surface area contributed by atoms with Gasteiger partial charge < -0.3 is 14.4 Å². The van der Waals surface area contributed by atoms with Gasteiger partial charge in [0.2, 0.25) is 11.8 Å². The first-order valence-corrected chi connectivity index (χ1v) is 9.23. The van der Waals surface area contributed by atoms with Crippen LogP contribution in [0.25, 0.3) is 10.9 Å². The lowest BCUT2D eigenvalue weighted by atomic mass is 10.1. The molecule has 0 unspecified atom stereocenters. The Morgan fingerprint density at radius 2 is 1.76 bits per heavy atom. The number of amides is 2. The van der Waals surface area contributed by atoms with E-state index in [2.05, 4.69) is 22.9 Å². The van der Waals surface area contributed by atoms with Crippen LogP contribution in [-0.2, 0) is 23.1 Å². The average Bonchev–Trinajstić information content (AvgIpc) is 3.44. The number of hydrogen-bond acceptors (Lipinski definition) is 2. The van der Waals surface area contributed by atoms with Gasteiger partial charge in [-0.15, -0.1) is 0 Å². The fourth-order valence-electron chi connectivity index (χ4n) is 3.82. The number of nitrogens with zero attached hydrogens (tertiary/aromatic N) is 3. The SMILES string of the molecule is Cn1cc(CC(=O)N2CCCN(C(=O)C3CC3)CC2)c2ccccc21. The van der Waals surface area contributed by atoms with Gasteiger partial charge in [0.1, 0.15) is 0 Å². The van der Waals surface area contributed by atoms with Crippen molar-refractivity contribution in [3.8, 4) is 0 Å². The van der Waals surface area contributed by atoms with Gasteiger partial charge in [0.25, 0.3) is 0 Å². The first kappa shape index (κ1) is 16.2. The Hall–Kier alpha value is -2.30. The van der Waals surface area contributed by atoms with Crippen LogP contribution >= 0.6 is 0 Å². The van der Waals surface area contributed by atoms with E-state index in [-0.39, 0.29) is 11.8 Å². The van der Waals surface area contributed by atoms with E-state index >= 15 is 0 Å². The van der Waals surface area contributed by atoms with Crippen molar-refractivity contribution in [3.63, 3.8) is 0 Å². The van der Waals surface area contributed by atoms with Crippen LogP contribution in [0.1, 0.15) is 24.8 Å². The molecule has 1 saturated heterocycles. The molecule has 1 saturated carbocycles. The summed E-state index contributed by atoms with van der Waals surface area (Å²) in [5, 5.41) is 1.15. The summed E-state index contributed by atoms with van der Waals surface area (Å²) >= 11 is 0. The molecule has 1 aliphatic heterocycles. The fourth-order valence-corrected chi connectivity index (χ4v) is 3.82. The summed E-state index contributed by atoms with van der Waals surface area (Å²) in [5.74, 6) is 0.721. The highest BCUT2D eigenvalue weighted by Gasteiger charge is 2.34. The number of aromatic nitrogens is 1. The topological polar surface area (TPSA) is 45.6 Å². The number of carbonyl (C=O) groups is 2. The maximum atomic E-state index is 12.8. The average molecular weight is 339 g/mol. The summed E-state index contributed by atoms with van der Waals surface area (Å²) in [6.45, 7) is 2.87. The number of para-hydroxylation sites is 1. The molecule has 5 heteroatoms. The van der Waals surface area contributed by atoms with Gasteiger partial charge in [0, 0.05) is 56.2 Å². The molecule has 0 radical (unpaired) electrons. The van der Waals surface area contributed by atoms with Crippen LogP contribution in [0.15, 0.2) is 30.5 Å². The van der Waals surface area contributed by atoms with Crippen LogP contribution < -0.4 is 0 Å². The van der Waals surface area contributed by atoms with Crippen molar-refractivity contribution < 1.29 is 9.59 Å². The Morgan fingerprint density at radius 1 is 1.04 bits per heavy atom. The molecule has 5 nitrogen and oxygen atoms in total. The maximum Gasteiger partial charge on any atom is 0.227 e. The number of carbonyl (C=O) groups excluding carboxylic acids is 2. The van der Waals surface area contributed by atoms with E-state index < -0.39 is 0 Å². The first-order valence-electron chi connectivity index (χ1n) is 9.23. The van der Waals surface area contributed by atoms with Crippen molar-refractivity contribution in [2.24, 2.45) is 13.0 Å². The molecule has 2 aromatic rings. The molecule has 0 N–H and O–H groups in total. The monoisotopic (exact) mass is 339 g/mol. The van der Waals surface area contributed by atoms with E-state index in [1.807, 2.05) is 29.0 Å². The van der Waals surface area contributed by atoms with Crippen LogP contribution in [0.2, 0.25) is 0 Å². The highest BCUT2D eigenvalue weighted by Crippen LogP contribution is 2.31. The molecule has 1 aromatic heterocycles. The largest absolute Gasteiger partial charge is 0.350 e. The van der Waals surface area contributed by atoms with Gasteiger partial charge in [-0.3, -0.25) is 9.59 Å². The molecule has 0 bridgehead atoms. The molecule has 25 heavy (non-hydrogen) atoms. The number of rotatable bonds is 3. The van der Waals surface area contributed by atoms with Crippen LogP contribution in [0, 0.1) is 5.92 Å². The van der Waals surface area contributed by atoms with Gasteiger partial charge in [-0.2, -0.15) is 0 Å². The Balaban J connectivity index is 1.43. The maximum absolute atomic E-state index is 12.8. The van der Waals surface area contributed by atoms with Gasteiger partial charge in [-0.1, -0.05) is 18.2 Å².